The molecule has 0 radical (unpaired) electrons. The van der Waals surface area contributed by atoms with Crippen molar-refractivity contribution in [3.63, 3.8) is 0 Å². The molecule has 3 fully saturated rings. The van der Waals surface area contributed by atoms with Gasteiger partial charge in [0.25, 0.3) is 0 Å². The number of nitrogens with zero attached hydrogens (tertiary/aromatic N) is 4. The summed E-state index contributed by atoms with van der Waals surface area (Å²) in [5.41, 5.74) is -0.290. The number of carbonyl (C=O) groups excluding carboxylic acids is 1. The maximum absolute atomic E-state index is 12.9. The quantitative estimate of drug-likeness (QED) is 0.812. The Labute approximate surface area is 166 Å². The largest absolute Gasteiger partial charge is 0.378 e. The van der Waals surface area contributed by atoms with E-state index in [1.807, 2.05) is 4.90 Å². The van der Waals surface area contributed by atoms with Crippen LogP contribution in [0.4, 0.5) is 0 Å². The van der Waals surface area contributed by atoms with Crippen LogP contribution < -0.4 is 5.32 Å². The zero-order valence-corrected chi connectivity index (χ0v) is 16.8. The highest BCUT2D eigenvalue weighted by molar-refractivity contribution is 5.85. The zero-order chi connectivity index (χ0) is 18.0. The average molecular weight is 400 g/mol. The van der Waals surface area contributed by atoms with Crippen LogP contribution in [0.1, 0.15) is 49.9 Å². The number of ether oxygens (including phenoxy) is 1. The summed E-state index contributed by atoms with van der Waals surface area (Å²) >= 11 is 0. The summed E-state index contributed by atoms with van der Waals surface area (Å²) in [4.78, 5) is 21.8. The normalized spacial score (nSPS) is 26.0. The molecular weight excluding hydrogens is 370 g/mol. The SMILES string of the molecule is CN1CCNCC1c1noc(C2(CC(=O)N3CCOCC3)CCCC2)n1.Cl. The Hall–Kier alpha value is -1.22. The van der Waals surface area contributed by atoms with Gasteiger partial charge in [-0.3, -0.25) is 9.69 Å². The van der Waals surface area contributed by atoms with Crippen molar-refractivity contribution in [2.75, 3.05) is 53.0 Å². The van der Waals surface area contributed by atoms with Crippen molar-refractivity contribution in [3.8, 4) is 0 Å². The standard InChI is InChI=1S/C18H29N5O3.ClH/c1-22-7-6-19-13-14(22)16-20-17(26-21-16)18(4-2-3-5-18)12-15(24)23-8-10-25-11-9-23;/h14,19H,2-13H2,1H3;1H. The number of amides is 1. The lowest BCUT2D eigenvalue weighted by Crippen LogP contribution is -2.44. The number of carbonyl (C=O) groups is 1. The van der Waals surface area contributed by atoms with Crippen molar-refractivity contribution in [2.24, 2.45) is 0 Å². The molecule has 4 rings (SSSR count). The fraction of sp³-hybridized carbons (Fsp3) is 0.833. The maximum Gasteiger partial charge on any atom is 0.233 e. The van der Waals surface area contributed by atoms with Crippen molar-refractivity contribution in [1.29, 1.82) is 0 Å². The third kappa shape index (κ3) is 4.29. The summed E-state index contributed by atoms with van der Waals surface area (Å²) in [6.45, 7) is 5.40. The van der Waals surface area contributed by atoms with E-state index in [4.69, 9.17) is 14.2 Å². The molecule has 152 valence electrons. The Balaban J connectivity index is 0.00000210. The second-order valence-corrected chi connectivity index (χ2v) is 7.82. The van der Waals surface area contributed by atoms with Crippen molar-refractivity contribution in [1.82, 2.24) is 25.3 Å². The van der Waals surface area contributed by atoms with E-state index in [9.17, 15) is 4.79 Å². The number of aromatic nitrogens is 2. The smallest absolute Gasteiger partial charge is 0.233 e. The number of piperazine rings is 1. The number of rotatable bonds is 4. The first-order chi connectivity index (χ1) is 12.7. The molecule has 1 aromatic rings. The molecule has 0 aromatic carbocycles. The van der Waals surface area contributed by atoms with E-state index in [1.54, 1.807) is 0 Å². The highest BCUT2D eigenvalue weighted by Crippen LogP contribution is 2.44. The van der Waals surface area contributed by atoms with Crippen LogP contribution in [-0.2, 0) is 14.9 Å². The highest BCUT2D eigenvalue weighted by atomic mass is 35.5. The summed E-state index contributed by atoms with van der Waals surface area (Å²) in [5, 5.41) is 7.68. The van der Waals surface area contributed by atoms with Gasteiger partial charge in [0, 0.05) is 39.1 Å². The van der Waals surface area contributed by atoms with Crippen LogP contribution in [0.15, 0.2) is 4.52 Å². The van der Waals surface area contributed by atoms with Gasteiger partial charge in [-0.2, -0.15) is 4.98 Å². The molecule has 3 aliphatic rings. The average Bonchev–Trinajstić information content (AvgIpc) is 3.33. The molecule has 27 heavy (non-hydrogen) atoms. The van der Waals surface area contributed by atoms with E-state index >= 15 is 0 Å². The number of halogens is 1. The van der Waals surface area contributed by atoms with E-state index in [-0.39, 0.29) is 29.8 Å². The summed E-state index contributed by atoms with van der Waals surface area (Å²) in [5.74, 6) is 1.58. The summed E-state index contributed by atoms with van der Waals surface area (Å²) in [7, 11) is 2.09. The first-order valence-electron chi connectivity index (χ1n) is 9.78. The van der Waals surface area contributed by atoms with Crippen molar-refractivity contribution in [3.05, 3.63) is 11.7 Å². The Kier molecular flexibility index (Phi) is 6.73. The number of likely N-dealkylation sites (N-methyl/N-ethyl adjacent to an activating group) is 1. The lowest BCUT2D eigenvalue weighted by Gasteiger charge is -2.31. The van der Waals surface area contributed by atoms with Crippen molar-refractivity contribution < 1.29 is 14.1 Å². The highest BCUT2D eigenvalue weighted by Gasteiger charge is 2.44. The van der Waals surface area contributed by atoms with Crippen molar-refractivity contribution in [2.45, 2.75) is 43.6 Å². The van der Waals surface area contributed by atoms with Gasteiger partial charge in [-0.05, 0) is 19.9 Å². The van der Waals surface area contributed by atoms with Gasteiger partial charge in [0.15, 0.2) is 5.82 Å². The maximum atomic E-state index is 12.9. The molecule has 1 aliphatic carbocycles. The minimum absolute atomic E-state index is 0. The molecule has 1 N–H and O–H groups in total. The van der Waals surface area contributed by atoms with E-state index < -0.39 is 0 Å². The van der Waals surface area contributed by atoms with Crippen LogP contribution >= 0.6 is 12.4 Å². The van der Waals surface area contributed by atoms with Gasteiger partial charge in [0.05, 0.1) is 24.7 Å². The molecule has 0 bridgehead atoms. The van der Waals surface area contributed by atoms with Crippen LogP contribution in [0, 0.1) is 0 Å². The van der Waals surface area contributed by atoms with Crippen LogP contribution in [0.25, 0.3) is 0 Å². The third-order valence-electron chi connectivity index (χ3n) is 6.12. The minimum Gasteiger partial charge on any atom is -0.378 e. The predicted octanol–water partition coefficient (Wildman–Crippen LogP) is 1.13. The second-order valence-electron chi connectivity index (χ2n) is 7.82. The number of nitrogens with one attached hydrogen (secondary N) is 1. The number of hydrogen-bond donors (Lipinski definition) is 1. The molecule has 1 unspecified atom stereocenters. The monoisotopic (exact) mass is 399 g/mol. The predicted molar refractivity (Wildman–Crippen MR) is 102 cm³/mol. The third-order valence-corrected chi connectivity index (χ3v) is 6.12. The topological polar surface area (TPSA) is 83.7 Å². The lowest BCUT2D eigenvalue weighted by atomic mass is 9.82. The van der Waals surface area contributed by atoms with Crippen LogP contribution in [0.2, 0.25) is 0 Å². The Bertz CT molecular complexity index is 628. The molecule has 1 atom stereocenters. The Morgan fingerprint density at radius 2 is 2.00 bits per heavy atom. The van der Waals surface area contributed by atoms with Gasteiger partial charge in [-0.15, -0.1) is 12.4 Å². The van der Waals surface area contributed by atoms with Gasteiger partial charge in [-0.1, -0.05) is 18.0 Å². The van der Waals surface area contributed by atoms with Gasteiger partial charge in [0.1, 0.15) is 0 Å². The van der Waals surface area contributed by atoms with Crippen LogP contribution in [0.5, 0.6) is 0 Å². The summed E-state index contributed by atoms with van der Waals surface area (Å²) < 4.78 is 11.1. The fourth-order valence-electron chi connectivity index (χ4n) is 4.41. The molecule has 0 spiro atoms. The van der Waals surface area contributed by atoms with Crippen LogP contribution in [-0.4, -0.2) is 78.8 Å². The van der Waals surface area contributed by atoms with Crippen LogP contribution in [0.3, 0.4) is 0 Å². The Morgan fingerprint density at radius 3 is 2.70 bits per heavy atom. The molecule has 8 nitrogen and oxygen atoms in total. The molecule has 1 amide bonds. The number of hydrogen-bond acceptors (Lipinski definition) is 7. The molecule has 3 heterocycles. The van der Waals surface area contributed by atoms with Gasteiger partial charge in [0.2, 0.25) is 11.8 Å². The fourth-order valence-corrected chi connectivity index (χ4v) is 4.41. The van der Waals surface area contributed by atoms with E-state index in [0.29, 0.717) is 38.6 Å². The molecule has 2 aliphatic heterocycles. The molecular formula is C18H30ClN5O3. The lowest BCUT2D eigenvalue weighted by molar-refractivity contribution is -0.136. The zero-order valence-electron chi connectivity index (χ0n) is 16.0. The van der Waals surface area contributed by atoms with E-state index in [1.165, 1.54) is 0 Å². The van der Waals surface area contributed by atoms with Crippen molar-refractivity contribution >= 4 is 18.3 Å². The molecule has 2 saturated heterocycles. The second kappa shape index (κ2) is 8.86. The first kappa shape index (κ1) is 20.5. The first-order valence-corrected chi connectivity index (χ1v) is 9.78. The minimum atomic E-state index is -0.290. The van der Waals surface area contributed by atoms with E-state index in [2.05, 4.69) is 22.4 Å². The Morgan fingerprint density at radius 1 is 1.26 bits per heavy atom. The molecule has 1 aromatic heterocycles. The van der Waals surface area contributed by atoms with Gasteiger partial charge < -0.3 is 19.5 Å². The summed E-state index contributed by atoms with van der Waals surface area (Å²) in [6.07, 6.45) is 4.58. The summed E-state index contributed by atoms with van der Waals surface area (Å²) in [6, 6.07) is 0.134. The number of morpholine rings is 1. The molecule has 9 heteroatoms. The molecule has 1 saturated carbocycles. The van der Waals surface area contributed by atoms with E-state index in [0.717, 1.165) is 51.1 Å². The van der Waals surface area contributed by atoms with Gasteiger partial charge in [-0.25, -0.2) is 0 Å². The van der Waals surface area contributed by atoms with Gasteiger partial charge >= 0.3 is 0 Å².